The van der Waals surface area contributed by atoms with Crippen LogP contribution in [0.4, 0.5) is 13.2 Å². The summed E-state index contributed by atoms with van der Waals surface area (Å²) in [6, 6.07) is 1.24. The number of aryl methyl sites for hydroxylation is 3. The van der Waals surface area contributed by atoms with E-state index in [9.17, 15) is 18.0 Å². The molecule has 4 nitrogen and oxygen atoms in total. The minimum Gasteiger partial charge on any atom is -0.345 e. The largest absolute Gasteiger partial charge is 0.406 e. The Morgan fingerprint density at radius 3 is 2.46 bits per heavy atom. The summed E-state index contributed by atoms with van der Waals surface area (Å²) < 4.78 is 39.1. The minimum absolute atomic E-state index is 0.255. The highest BCUT2D eigenvalue weighted by Gasteiger charge is 2.30. The Balaban J connectivity index is 2.21. The number of alkyl halides is 3. The molecule has 2 aromatic heterocycles. The number of nitrogens with zero attached hydrogens (tertiary/aromatic N) is 2. The molecule has 2 aromatic rings. The molecule has 8 heteroatoms. The molecular formula is C16H20F3N3OS. The van der Waals surface area contributed by atoms with E-state index in [2.05, 4.69) is 10.3 Å². The highest BCUT2D eigenvalue weighted by Crippen LogP contribution is 2.26. The molecule has 0 spiro atoms. The molecule has 1 atom stereocenters. The van der Waals surface area contributed by atoms with Crippen LogP contribution in [0.5, 0.6) is 0 Å². The maximum Gasteiger partial charge on any atom is 0.406 e. The third kappa shape index (κ3) is 3.98. The summed E-state index contributed by atoms with van der Waals surface area (Å²) >= 11 is 1.50. The lowest BCUT2D eigenvalue weighted by molar-refractivity contribution is -0.141. The SMILES string of the molecule is Cc1nc(C)c([C@@H](C)NC(=O)c2cc(C)n(CC(F)(F)F)c2C)s1. The summed E-state index contributed by atoms with van der Waals surface area (Å²) in [5.74, 6) is -0.380. The van der Waals surface area contributed by atoms with Gasteiger partial charge in [-0.25, -0.2) is 4.98 Å². The fourth-order valence-corrected chi connectivity index (χ4v) is 3.67. The van der Waals surface area contributed by atoms with Crippen molar-refractivity contribution in [3.8, 4) is 0 Å². The summed E-state index contributed by atoms with van der Waals surface area (Å²) in [4.78, 5) is 17.8. The Kier molecular flexibility index (Phi) is 5.08. The molecule has 2 rings (SSSR count). The number of hydrogen-bond donors (Lipinski definition) is 1. The van der Waals surface area contributed by atoms with Crippen molar-refractivity contribution >= 4 is 17.2 Å². The molecule has 132 valence electrons. The summed E-state index contributed by atoms with van der Waals surface area (Å²) in [5.41, 5.74) is 1.84. The van der Waals surface area contributed by atoms with Crippen molar-refractivity contribution in [2.45, 2.75) is 53.4 Å². The average molecular weight is 359 g/mol. The van der Waals surface area contributed by atoms with E-state index in [1.165, 1.54) is 24.3 Å². The molecule has 0 unspecified atom stereocenters. The van der Waals surface area contributed by atoms with Crippen LogP contribution in [0, 0.1) is 27.7 Å². The van der Waals surface area contributed by atoms with Crippen molar-refractivity contribution in [2.24, 2.45) is 0 Å². The lowest BCUT2D eigenvalue weighted by Gasteiger charge is -2.14. The maximum absolute atomic E-state index is 12.7. The summed E-state index contributed by atoms with van der Waals surface area (Å²) in [7, 11) is 0. The van der Waals surface area contributed by atoms with Gasteiger partial charge >= 0.3 is 6.18 Å². The Labute approximate surface area is 142 Å². The number of nitrogens with one attached hydrogen (secondary N) is 1. The molecule has 0 radical (unpaired) electrons. The normalized spacial score (nSPS) is 13.2. The second-order valence-electron chi connectivity index (χ2n) is 5.86. The van der Waals surface area contributed by atoms with Gasteiger partial charge in [0.2, 0.25) is 0 Å². The van der Waals surface area contributed by atoms with E-state index in [1.807, 2.05) is 20.8 Å². The van der Waals surface area contributed by atoms with Gasteiger partial charge in [0.1, 0.15) is 6.54 Å². The number of amides is 1. The molecule has 1 amide bonds. The van der Waals surface area contributed by atoms with Gasteiger partial charge in [-0.15, -0.1) is 11.3 Å². The van der Waals surface area contributed by atoms with Crippen molar-refractivity contribution in [3.05, 3.63) is 38.6 Å². The Morgan fingerprint density at radius 1 is 1.33 bits per heavy atom. The van der Waals surface area contributed by atoms with Gasteiger partial charge in [0, 0.05) is 16.3 Å². The van der Waals surface area contributed by atoms with Crippen molar-refractivity contribution in [1.29, 1.82) is 0 Å². The molecule has 0 aliphatic heterocycles. The predicted octanol–water partition coefficient (Wildman–Crippen LogP) is 4.23. The van der Waals surface area contributed by atoms with Crippen molar-refractivity contribution < 1.29 is 18.0 Å². The number of aromatic nitrogens is 2. The van der Waals surface area contributed by atoms with Crippen LogP contribution in [0.3, 0.4) is 0 Å². The van der Waals surface area contributed by atoms with E-state index in [4.69, 9.17) is 0 Å². The van der Waals surface area contributed by atoms with Gasteiger partial charge in [0.15, 0.2) is 0 Å². The maximum atomic E-state index is 12.7. The van der Waals surface area contributed by atoms with Gasteiger partial charge < -0.3 is 9.88 Å². The Morgan fingerprint density at radius 2 is 1.96 bits per heavy atom. The second-order valence-corrected chi connectivity index (χ2v) is 7.10. The fourth-order valence-electron chi connectivity index (χ4n) is 2.74. The Hall–Kier alpha value is -1.83. The summed E-state index contributed by atoms with van der Waals surface area (Å²) in [6.07, 6.45) is -4.33. The van der Waals surface area contributed by atoms with Gasteiger partial charge in [-0.1, -0.05) is 0 Å². The topological polar surface area (TPSA) is 46.9 Å². The summed E-state index contributed by atoms with van der Waals surface area (Å²) in [6.45, 7) is 7.60. The monoisotopic (exact) mass is 359 g/mol. The molecule has 2 heterocycles. The van der Waals surface area contributed by atoms with Crippen LogP contribution < -0.4 is 5.32 Å². The molecule has 0 aliphatic carbocycles. The molecule has 0 fully saturated rings. The van der Waals surface area contributed by atoms with Gasteiger partial charge in [-0.05, 0) is 40.7 Å². The lowest BCUT2D eigenvalue weighted by Crippen LogP contribution is -2.27. The third-order valence-electron chi connectivity index (χ3n) is 3.84. The van der Waals surface area contributed by atoms with Crippen molar-refractivity contribution in [2.75, 3.05) is 0 Å². The van der Waals surface area contributed by atoms with Gasteiger partial charge in [0.25, 0.3) is 5.91 Å². The standard InChI is InChI=1S/C16H20F3N3OS/c1-8-6-13(11(4)22(8)7-16(17,18)19)15(23)21-10(3)14-9(2)20-12(5)24-14/h6,10H,7H2,1-5H3,(H,21,23)/t10-/m1/s1. The first-order chi connectivity index (χ1) is 11.0. The first kappa shape index (κ1) is 18.5. The number of carbonyl (C=O) groups excluding carboxylic acids is 1. The van der Waals surface area contributed by atoms with Gasteiger partial charge in [-0.3, -0.25) is 4.79 Å². The number of hydrogen-bond acceptors (Lipinski definition) is 3. The highest BCUT2D eigenvalue weighted by atomic mass is 32.1. The van der Waals surface area contributed by atoms with Crippen LogP contribution in [0.15, 0.2) is 6.07 Å². The van der Waals surface area contributed by atoms with Crippen LogP contribution in [-0.2, 0) is 6.54 Å². The zero-order valence-corrected chi connectivity index (χ0v) is 15.0. The van der Waals surface area contributed by atoms with Crippen LogP contribution >= 0.6 is 11.3 Å². The van der Waals surface area contributed by atoms with Gasteiger partial charge in [-0.2, -0.15) is 13.2 Å². The van der Waals surface area contributed by atoms with Crippen molar-refractivity contribution in [3.63, 3.8) is 0 Å². The van der Waals surface area contributed by atoms with E-state index in [0.29, 0.717) is 11.4 Å². The van der Waals surface area contributed by atoms with Crippen LogP contribution in [0.1, 0.15) is 50.3 Å². The first-order valence-corrected chi connectivity index (χ1v) is 8.29. The molecule has 0 saturated heterocycles. The molecule has 1 N–H and O–H groups in total. The summed E-state index contributed by atoms with van der Waals surface area (Å²) in [5, 5.41) is 3.76. The van der Waals surface area contributed by atoms with E-state index in [0.717, 1.165) is 20.1 Å². The molecule has 0 bridgehead atoms. The minimum atomic E-state index is -4.33. The first-order valence-electron chi connectivity index (χ1n) is 7.48. The Bertz CT molecular complexity index is 761. The fraction of sp³-hybridized carbons (Fsp3) is 0.500. The van der Waals surface area contributed by atoms with E-state index in [-0.39, 0.29) is 17.5 Å². The molecule has 24 heavy (non-hydrogen) atoms. The van der Waals surface area contributed by atoms with Crippen LogP contribution in [-0.4, -0.2) is 21.6 Å². The third-order valence-corrected chi connectivity index (χ3v) is 5.09. The smallest absolute Gasteiger partial charge is 0.345 e. The average Bonchev–Trinajstić information content (AvgIpc) is 2.91. The number of halogens is 3. The highest BCUT2D eigenvalue weighted by molar-refractivity contribution is 7.11. The zero-order valence-electron chi connectivity index (χ0n) is 14.2. The van der Waals surface area contributed by atoms with E-state index >= 15 is 0 Å². The zero-order chi connectivity index (χ0) is 18.2. The predicted molar refractivity (Wildman–Crippen MR) is 87.4 cm³/mol. The van der Waals surface area contributed by atoms with Gasteiger partial charge in [0.05, 0.1) is 22.3 Å². The van der Waals surface area contributed by atoms with Crippen LogP contribution in [0.2, 0.25) is 0 Å². The number of thiazole rings is 1. The molecule has 0 aromatic carbocycles. The van der Waals surface area contributed by atoms with E-state index < -0.39 is 12.7 Å². The van der Waals surface area contributed by atoms with E-state index in [1.54, 1.807) is 6.92 Å². The second kappa shape index (κ2) is 6.58. The lowest BCUT2D eigenvalue weighted by atomic mass is 10.2. The quantitative estimate of drug-likeness (QED) is 0.888. The molecular weight excluding hydrogens is 339 g/mol. The van der Waals surface area contributed by atoms with Crippen LogP contribution in [0.25, 0.3) is 0 Å². The molecule has 0 aliphatic rings. The molecule has 0 saturated carbocycles. The number of rotatable bonds is 4. The number of carbonyl (C=O) groups is 1. The van der Waals surface area contributed by atoms with Crippen molar-refractivity contribution in [1.82, 2.24) is 14.9 Å².